The standard InChI is InChI=1S/C14H18N4O/c15-11-3-1-9(2-4-11)14(19)17-12-5-6-13-10(7-12)8-16-18-13/h5-9,11H,1-4,15H2,(H,16,18)(H,17,19). The van der Waals surface area contributed by atoms with Crippen LogP contribution in [0, 0.1) is 5.92 Å². The van der Waals surface area contributed by atoms with E-state index in [4.69, 9.17) is 5.73 Å². The van der Waals surface area contributed by atoms with Crippen molar-refractivity contribution in [2.24, 2.45) is 11.7 Å². The molecule has 100 valence electrons. The maximum Gasteiger partial charge on any atom is 0.227 e. The van der Waals surface area contributed by atoms with Crippen LogP contribution in [0.4, 0.5) is 5.69 Å². The summed E-state index contributed by atoms with van der Waals surface area (Å²) in [5.74, 6) is 0.203. The van der Waals surface area contributed by atoms with E-state index < -0.39 is 0 Å². The Morgan fingerprint density at radius 1 is 1.32 bits per heavy atom. The quantitative estimate of drug-likeness (QED) is 0.770. The van der Waals surface area contributed by atoms with Gasteiger partial charge in [0.25, 0.3) is 0 Å². The van der Waals surface area contributed by atoms with Gasteiger partial charge in [-0.25, -0.2) is 0 Å². The Bertz CT molecular complexity index is 584. The van der Waals surface area contributed by atoms with Gasteiger partial charge in [0.2, 0.25) is 5.91 Å². The molecule has 2 aromatic rings. The van der Waals surface area contributed by atoms with Crippen molar-refractivity contribution in [3.05, 3.63) is 24.4 Å². The molecule has 19 heavy (non-hydrogen) atoms. The van der Waals surface area contributed by atoms with Crippen molar-refractivity contribution in [2.75, 3.05) is 5.32 Å². The van der Waals surface area contributed by atoms with Gasteiger partial charge in [-0.1, -0.05) is 0 Å². The minimum absolute atomic E-state index is 0.0971. The molecular weight excluding hydrogens is 240 g/mol. The van der Waals surface area contributed by atoms with E-state index in [9.17, 15) is 4.79 Å². The highest BCUT2D eigenvalue weighted by Gasteiger charge is 2.24. The average Bonchev–Trinajstić information content (AvgIpc) is 2.87. The number of hydrogen-bond acceptors (Lipinski definition) is 3. The number of carbonyl (C=O) groups is 1. The average molecular weight is 258 g/mol. The summed E-state index contributed by atoms with van der Waals surface area (Å²) in [6, 6.07) is 6.03. The minimum atomic E-state index is 0.0971. The molecule has 0 bridgehead atoms. The second-order valence-electron chi connectivity index (χ2n) is 5.27. The first kappa shape index (κ1) is 12.2. The molecule has 1 amide bonds. The topological polar surface area (TPSA) is 83.8 Å². The summed E-state index contributed by atoms with van der Waals surface area (Å²) in [5, 5.41) is 10.9. The van der Waals surface area contributed by atoms with E-state index in [2.05, 4.69) is 15.5 Å². The van der Waals surface area contributed by atoms with E-state index in [0.717, 1.165) is 42.3 Å². The molecule has 0 spiro atoms. The molecule has 1 heterocycles. The molecule has 0 aliphatic heterocycles. The molecule has 0 radical (unpaired) electrons. The maximum absolute atomic E-state index is 12.2. The lowest BCUT2D eigenvalue weighted by molar-refractivity contribution is -0.120. The van der Waals surface area contributed by atoms with Gasteiger partial charge >= 0.3 is 0 Å². The molecule has 5 nitrogen and oxygen atoms in total. The fourth-order valence-corrected chi connectivity index (χ4v) is 2.65. The Morgan fingerprint density at radius 3 is 2.89 bits per heavy atom. The first-order valence-corrected chi connectivity index (χ1v) is 6.72. The first-order chi connectivity index (χ1) is 9.22. The maximum atomic E-state index is 12.2. The molecule has 0 saturated heterocycles. The molecular formula is C14H18N4O. The van der Waals surface area contributed by atoms with E-state index in [1.807, 2.05) is 18.2 Å². The Kier molecular flexibility index (Phi) is 3.21. The van der Waals surface area contributed by atoms with Crippen molar-refractivity contribution in [1.29, 1.82) is 0 Å². The molecule has 1 aliphatic rings. The van der Waals surface area contributed by atoms with Gasteiger partial charge < -0.3 is 11.1 Å². The van der Waals surface area contributed by atoms with Crippen LogP contribution in [0.5, 0.6) is 0 Å². The fourth-order valence-electron chi connectivity index (χ4n) is 2.65. The summed E-state index contributed by atoms with van der Waals surface area (Å²) in [6.45, 7) is 0. The molecule has 1 fully saturated rings. The number of rotatable bonds is 2. The highest BCUT2D eigenvalue weighted by Crippen LogP contribution is 2.25. The predicted molar refractivity (Wildman–Crippen MR) is 74.7 cm³/mol. The van der Waals surface area contributed by atoms with Crippen molar-refractivity contribution >= 4 is 22.5 Å². The molecule has 0 unspecified atom stereocenters. The molecule has 1 saturated carbocycles. The summed E-state index contributed by atoms with van der Waals surface area (Å²) in [4.78, 5) is 12.2. The smallest absolute Gasteiger partial charge is 0.227 e. The summed E-state index contributed by atoms with van der Waals surface area (Å²) in [5.41, 5.74) is 7.66. The summed E-state index contributed by atoms with van der Waals surface area (Å²) < 4.78 is 0. The van der Waals surface area contributed by atoms with Crippen LogP contribution in [0.3, 0.4) is 0 Å². The number of hydrogen-bond donors (Lipinski definition) is 3. The number of H-pyrrole nitrogens is 1. The first-order valence-electron chi connectivity index (χ1n) is 6.72. The number of nitrogens with one attached hydrogen (secondary N) is 2. The SMILES string of the molecule is NC1CCC(C(=O)Nc2ccc3[nH]ncc3c2)CC1. The van der Waals surface area contributed by atoms with Crippen LogP contribution in [0.15, 0.2) is 24.4 Å². The predicted octanol–water partition coefficient (Wildman–Crippen LogP) is 2.02. The van der Waals surface area contributed by atoms with Crippen LogP contribution in [-0.2, 0) is 4.79 Å². The largest absolute Gasteiger partial charge is 0.328 e. The number of benzene rings is 1. The molecule has 1 aromatic carbocycles. The molecule has 1 aliphatic carbocycles. The van der Waals surface area contributed by atoms with Crippen LogP contribution in [-0.4, -0.2) is 22.1 Å². The lowest BCUT2D eigenvalue weighted by Gasteiger charge is -2.25. The summed E-state index contributed by atoms with van der Waals surface area (Å²) in [7, 11) is 0. The van der Waals surface area contributed by atoms with Crippen molar-refractivity contribution in [1.82, 2.24) is 10.2 Å². The second-order valence-corrected chi connectivity index (χ2v) is 5.27. The van der Waals surface area contributed by atoms with Crippen LogP contribution in [0.1, 0.15) is 25.7 Å². The van der Waals surface area contributed by atoms with Gasteiger partial charge in [-0.2, -0.15) is 5.10 Å². The van der Waals surface area contributed by atoms with Crippen molar-refractivity contribution in [2.45, 2.75) is 31.7 Å². The number of nitrogens with two attached hydrogens (primary N) is 1. The number of amides is 1. The Hall–Kier alpha value is -1.88. The lowest BCUT2D eigenvalue weighted by Crippen LogP contribution is -2.32. The number of fused-ring (bicyclic) bond motifs is 1. The third-order valence-electron chi connectivity index (χ3n) is 3.85. The van der Waals surface area contributed by atoms with Crippen LogP contribution in [0.25, 0.3) is 10.9 Å². The van der Waals surface area contributed by atoms with Gasteiger partial charge in [0, 0.05) is 23.0 Å². The Labute approximate surface area is 111 Å². The van der Waals surface area contributed by atoms with E-state index >= 15 is 0 Å². The third-order valence-corrected chi connectivity index (χ3v) is 3.85. The zero-order valence-electron chi connectivity index (χ0n) is 10.7. The number of aromatic nitrogens is 2. The summed E-state index contributed by atoms with van der Waals surface area (Å²) in [6.07, 6.45) is 5.42. The van der Waals surface area contributed by atoms with Gasteiger partial charge in [0.05, 0.1) is 11.7 Å². The highest BCUT2D eigenvalue weighted by molar-refractivity contribution is 5.94. The van der Waals surface area contributed by atoms with Gasteiger partial charge in [0.1, 0.15) is 0 Å². The fraction of sp³-hybridized carbons (Fsp3) is 0.429. The van der Waals surface area contributed by atoms with E-state index in [0.29, 0.717) is 0 Å². The number of aromatic amines is 1. The van der Waals surface area contributed by atoms with Crippen molar-refractivity contribution in [3.8, 4) is 0 Å². The summed E-state index contributed by atoms with van der Waals surface area (Å²) >= 11 is 0. The number of nitrogens with zero attached hydrogens (tertiary/aromatic N) is 1. The normalized spacial score (nSPS) is 23.4. The second kappa shape index (κ2) is 5.01. The van der Waals surface area contributed by atoms with Crippen LogP contribution >= 0.6 is 0 Å². The zero-order valence-corrected chi connectivity index (χ0v) is 10.7. The molecule has 0 atom stereocenters. The van der Waals surface area contributed by atoms with Gasteiger partial charge in [-0.05, 0) is 43.9 Å². The van der Waals surface area contributed by atoms with Gasteiger partial charge in [0.15, 0.2) is 0 Å². The highest BCUT2D eigenvalue weighted by atomic mass is 16.1. The minimum Gasteiger partial charge on any atom is -0.328 e. The van der Waals surface area contributed by atoms with Gasteiger partial charge in [-0.15, -0.1) is 0 Å². The number of anilines is 1. The molecule has 4 N–H and O–H groups in total. The zero-order chi connectivity index (χ0) is 13.2. The molecule has 1 aromatic heterocycles. The Morgan fingerprint density at radius 2 is 2.11 bits per heavy atom. The van der Waals surface area contributed by atoms with Gasteiger partial charge in [-0.3, -0.25) is 9.89 Å². The van der Waals surface area contributed by atoms with Crippen molar-refractivity contribution < 1.29 is 4.79 Å². The van der Waals surface area contributed by atoms with Crippen LogP contribution < -0.4 is 11.1 Å². The molecule has 3 rings (SSSR count). The van der Waals surface area contributed by atoms with E-state index in [-0.39, 0.29) is 17.9 Å². The molecule has 5 heteroatoms. The third kappa shape index (κ3) is 2.61. The van der Waals surface area contributed by atoms with E-state index in [1.165, 1.54) is 0 Å². The number of carbonyl (C=O) groups excluding carboxylic acids is 1. The lowest BCUT2D eigenvalue weighted by atomic mass is 9.86. The van der Waals surface area contributed by atoms with Crippen LogP contribution in [0.2, 0.25) is 0 Å². The van der Waals surface area contributed by atoms with Crippen molar-refractivity contribution in [3.63, 3.8) is 0 Å². The Balaban J connectivity index is 1.68. The monoisotopic (exact) mass is 258 g/mol. The van der Waals surface area contributed by atoms with E-state index in [1.54, 1.807) is 6.20 Å².